The van der Waals surface area contributed by atoms with Crippen LogP contribution in [0.15, 0.2) is 35.4 Å². The molecule has 0 N–H and O–H groups in total. The molecule has 2 unspecified atom stereocenters. The second kappa shape index (κ2) is 7.62. The second-order valence-electron chi connectivity index (χ2n) is 7.96. The number of carbonyl (C=O) groups is 1. The van der Waals surface area contributed by atoms with Gasteiger partial charge in [0.2, 0.25) is 0 Å². The summed E-state index contributed by atoms with van der Waals surface area (Å²) in [6.45, 7) is 3.22. The first-order valence-corrected chi connectivity index (χ1v) is 9.88. The molecule has 0 saturated heterocycles. The van der Waals surface area contributed by atoms with Crippen molar-refractivity contribution in [2.45, 2.75) is 58.5 Å². The summed E-state index contributed by atoms with van der Waals surface area (Å²) in [6, 6.07) is 3.32. The molecule has 0 bridgehead atoms. The van der Waals surface area contributed by atoms with Crippen molar-refractivity contribution in [2.75, 3.05) is 0 Å². The minimum absolute atomic E-state index is 0.0568. The van der Waals surface area contributed by atoms with Crippen molar-refractivity contribution < 1.29 is 4.79 Å². The highest BCUT2D eigenvalue weighted by Crippen LogP contribution is 2.28. The minimum Gasteiger partial charge on any atom is -0.335 e. The van der Waals surface area contributed by atoms with Gasteiger partial charge in [-0.25, -0.2) is 9.67 Å². The number of allylic oxidation sites excluding steroid dienone is 2. The lowest BCUT2D eigenvalue weighted by atomic mass is 9.90. The van der Waals surface area contributed by atoms with Crippen molar-refractivity contribution in [1.29, 1.82) is 0 Å². The molecule has 4 rings (SSSR count). The Bertz CT molecular complexity index is 924. The van der Waals surface area contributed by atoms with Gasteiger partial charge in [0.25, 0.3) is 5.56 Å². The highest BCUT2D eigenvalue weighted by atomic mass is 16.1. The summed E-state index contributed by atoms with van der Waals surface area (Å²) in [5.41, 5.74) is 1.80. The first-order valence-electron chi connectivity index (χ1n) is 9.88. The van der Waals surface area contributed by atoms with Gasteiger partial charge in [-0.2, -0.15) is 5.10 Å². The third kappa shape index (κ3) is 4.10. The first-order chi connectivity index (χ1) is 13.1. The average molecular weight is 366 g/mol. The maximum atomic E-state index is 12.6. The molecule has 0 aromatic carbocycles. The zero-order valence-corrected chi connectivity index (χ0v) is 15.8. The maximum Gasteiger partial charge on any atom is 0.267 e. The van der Waals surface area contributed by atoms with E-state index in [0.717, 1.165) is 50.2 Å². The van der Waals surface area contributed by atoms with Crippen molar-refractivity contribution in [3.63, 3.8) is 0 Å². The maximum absolute atomic E-state index is 12.6. The molecule has 2 aromatic rings. The largest absolute Gasteiger partial charge is 0.335 e. The summed E-state index contributed by atoms with van der Waals surface area (Å²) in [5, 5.41) is 4.48. The van der Waals surface area contributed by atoms with Gasteiger partial charge in [-0.05, 0) is 49.2 Å². The Balaban J connectivity index is 1.42. The highest BCUT2D eigenvalue weighted by molar-refractivity contribution is 5.78. The van der Waals surface area contributed by atoms with Crippen molar-refractivity contribution in [3.8, 4) is 0 Å². The number of Topliss-reactive ketones (excluding diaryl/α,β-unsaturated/α-hetero) is 1. The molecular weight excluding hydrogens is 340 g/mol. The second-order valence-corrected chi connectivity index (χ2v) is 7.96. The molecule has 2 atom stereocenters. The van der Waals surface area contributed by atoms with E-state index in [1.807, 2.05) is 12.4 Å². The van der Waals surface area contributed by atoms with E-state index in [2.05, 4.69) is 27.6 Å². The number of carbonyl (C=O) groups excluding carboxylic acids is 1. The SMILES string of the molecule is CC1CC=C(c2ccc(=O)n(CC(=O)CC3CCn4ccnc4C3)n2)CC1. The number of hydrogen-bond donors (Lipinski definition) is 0. The lowest BCUT2D eigenvalue weighted by molar-refractivity contribution is -0.120. The Labute approximate surface area is 158 Å². The Morgan fingerprint density at radius 2 is 2.19 bits per heavy atom. The first kappa shape index (κ1) is 17.9. The summed E-state index contributed by atoms with van der Waals surface area (Å²) >= 11 is 0. The number of imidazole rings is 1. The van der Waals surface area contributed by atoms with Gasteiger partial charge in [-0.15, -0.1) is 0 Å². The Morgan fingerprint density at radius 1 is 1.30 bits per heavy atom. The van der Waals surface area contributed by atoms with E-state index in [1.54, 1.807) is 6.07 Å². The zero-order valence-electron chi connectivity index (χ0n) is 15.8. The van der Waals surface area contributed by atoms with Gasteiger partial charge in [0.1, 0.15) is 12.4 Å². The molecule has 2 aromatic heterocycles. The van der Waals surface area contributed by atoms with E-state index in [9.17, 15) is 9.59 Å². The molecular formula is C21H26N4O2. The van der Waals surface area contributed by atoms with E-state index in [1.165, 1.54) is 16.3 Å². The molecule has 0 fully saturated rings. The van der Waals surface area contributed by atoms with Gasteiger partial charge >= 0.3 is 0 Å². The predicted octanol–water partition coefficient (Wildman–Crippen LogP) is 2.87. The number of nitrogens with zero attached hydrogens (tertiary/aromatic N) is 4. The van der Waals surface area contributed by atoms with Gasteiger partial charge < -0.3 is 4.57 Å². The van der Waals surface area contributed by atoms with Crippen LogP contribution in [0.3, 0.4) is 0 Å². The van der Waals surface area contributed by atoms with Gasteiger partial charge in [0, 0.05) is 37.8 Å². The molecule has 1 aliphatic heterocycles. The van der Waals surface area contributed by atoms with E-state index in [0.29, 0.717) is 18.3 Å². The lowest BCUT2D eigenvalue weighted by Gasteiger charge is -2.22. The van der Waals surface area contributed by atoms with Crippen LogP contribution in [0.2, 0.25) is 0 Å². The summed E-state index contributed by atoms with van der Waals surface area (Å²) in [7, 11) is 0. The van der Waals surface area contributed by atoms with Crippen LogP contribution in [0.1, 0.15) is 50.5 Å². The molecule has 142 valence electrons. The van der Waals surface area contributed by atoms with Crippen LogP contribution < -0.4 is 5.56 Å². The van der Waals surface area contributed by atoms with Gasteiger partial charge in [-0.3, -0.25) is 9.59 Å². The third-order valence-electron chi connectivity index (χ3n) is 5.76. The van der Waals surface area contributed by atoms with Crippen LogP contribution in [0.25, 0.3) is 5.57 Å². The molecule has 6 nitrogen and oxygen atoms in total. The number of aryl methyl sites for hydroxylation is 1. The predicted molar refractivity (Wildman–Crippen MR) is 103 cm³/mol. The van der Waals surface area contributed by atoms with Crippen LogP contribution in [0, 0.1) is 11.8 Å². The normalized spacial score (nSPS) is 22.2. The molecule has 0 saturated carbocycles. The fourth-order valence-corrected chi connectivity index (χ4v) is 4.07. The van der Waals surface area contributed by atoms with Crippen LogP contribution >= 0.6 is 0 Å². The highest BCUT2D eigenvalue weighted by Gasteiger charge is 2.22. The minimum atomic E-state index is -0.212. The van der Waals surface area contributed by atoms with E-state index in [4.69, 9.17) is 0 Å². The van der Waals surface area contributed by atoms with E-state index >= 15 is 0 Å². The fourth-order valence-electron chi connectivity index (χ4n) is 4.07. The summed E-state index contributed by atoms with van der Waals surface area (Å²) in [6.07, 6.45) is 11.5. The summed E-state index contributed by atoms with van der Waals surface area (Å²) in [4.78, 5) is 29.1. The van der Waals surface area contributed by atoms with E-state index < -0.39 is 0 Å². The third-order valence-corrected chi connectivity index (χ3v) is 5.76. The Hall–Kier alpha value is -2.50. The van der Waals surface area contributed by atoms with Crippen LogP contribution in [0.4, 0.5) is 0 Å². The fraction of sp³-hybridized carbons (Fsp3) is 0.524. The topological polar surface area (TPSA) is 69.8 Å². The number of rotatable bonds is 5. The number of fused-ring (bicyclic) bond motifs is 1. The van der Waals surface area contributed by atoms with Crippen molar-refractivity contribution in [1.82, 2.24) is 19.3 Å². The number of ketones is 1. The van der Waals surface area contributed by atoms with Crippen molar-refractivity contribution in [3.05, 3.63) is 52.5 Å². The quantitative estimate of drug-likeness (QED) is 0.816. The molecule has 0 amide bonds. The number of hydrogen-bond acceptors (Lipinski definition) is 4. The van der Waals surface area contributed by atoms with Gasteiger partial charge in [0.15, 0.2) is 5.78 Å². The van der Waals surface area contributed by atoms with Crippen LogP contribution in [0.5, 0.6) is 0 Å². The molecule has 0 spiro atoms. The molecule has 0 radical (unpaired) electrons. The van der Waals surface area contributed by atoms with E-state index in [-0.39, 0.29) is 17.9 Å². The Kier molecular flexibility index (Phi) is 5.05. The molecule has 2 aliphatic rings. The smallest absolute Gasteiger partial charge is 0.267 e. The zero-order chi connectivity index (χ0) is 18.8. The van der Waals surface area contributed by atoms with Gasteiger partial charge in [0.05, 0.1) is 5.69 Å². The molecule has 3 heterocycles. The lowest BCUT2D eigenvalue weighted by Crippen LogP contribution is -2.29. The molecule has 1 aliphatic carbocycles. The molecule has 27 heavy (non-hydrogen) atoms. The standard InChI is InChI=1S/C21H26N4O2/c1-15-2-4-17(5-3-15)19-6-7-21(27)25(23-19)14-18(26)12-16-8-10-24-11-9-22-20(24)13-16/h4,6-7,9,11,15-16H,2-3,5,8,10,12-14H2,1H3. The van der Waals surface area contributed by atoms with Crippen molar-refractivity contribution >= 4 is 11.4 Å². The van der Waals surface area contributed by atoms with Crippen LogP contribution in [-0.4, -0.2) is 25.1 Å². The summed E-state index contributed by atoms with van der Waals surface area (Å²) in [5.74, 6) is 2.12. The number of aromatic nitrogens is 4. The monoisotopic (exact) mass is 366 g/mol. The molecule has 6 heteroatoms. The van der Waals surface area contributed by atoms with Gasteiger partial charge in [-0.1, -0.05) is 13.0 Å². The Morgan fingerprint density at radius 3 is 3.00 bits per heavy atom. The summed E-state index contributed by atoms with van der Waals surface area (Å²) < 4.78 is 3.48. The van der Waals surface area contributed by atoms with Crippen LogP contribution in [-0.2, 0) is 24.3 Å². The average Bonchev–Trinajstić information content (AvgIpc) is 3.12. The van der Waals surface area contributed by atoms with Crippen molar-refractivity contribution in [2.24, 2.45) is 11.8 Å².